The third-order valence-electron chi connectivity index (χ3n) is 8.21. The van der Waals surface area contributed by atoms with Gasteiger partial charge in [-0.1, -0.05) is 0 Å². The SMILES string of the molecule is Cc1cc(N2CCOC[C@H](N)C2)cnc1N1CCN2C(C1)CN(c1ccc(C#N)c3ncccc13)C[C@@H]2C. The van der Waals surface area contributed by atoms with Crippen molar-refractivity contribution >= 4 is 28.1 Å². The second-order valence-electron chi connectivity index (χ2n) is 10.9. The van der Waals surface area contributed by atoms with Crippen molar-refractivity contribution in [1.29, 1.82) is 5.26 Å². The molecule has 2 N–H and O–H groups in total. The molecule has 2 aromatic heterocycles. The van der Waals surface area contributed by atoms with Crippen molar-refractivity contribution in [2.24, 2.45) is 5.73 Å². The minimum atomic E-state index is 0.0193. The molecule has 0 bridgehead atoms. The molecule has 3 atom stereocenters. The van der Waals surface area contributed by atoms with Gasteiger partial charge in [0.05, 0.1) is 36.2 Å². The van der Waals surface area contributed by atoms with Crippen LogP contribution in [-0.4, -0.2) is 92.0 Å². The predicted molar refractivity (Wildman–Crippen MR) is 151 cm³/mol. The van der Waals surface area contributed by atoms with E-state index in [-0.39, 0.29) is 6.04 Å². The average Bonchev–Trinajstić information content (AvgIpc) is 3.16. The topological polar surface area (TPSA) is 97.8 Å². The summed E-state index contributed by atoms with van der Waals surface area (Å²) < 4.78 is 5.62. The third kappa shape index (κ3) is 4.64. The number of piperazine rings is 2. The van der Waals surface area contributed by atoms with Crippen LogP contribution in [-0.2, 0) is 4.74 Å². The van der Waals surface area contributed by atoms with E-state index in [0.717, 1.165) is 73.9 Å². The number of ether oxygens (including phenoxy) is 1. The van der Waals surface area contributed by atoms with Crippen LogP contribution in [0.1, 0.15) is 18.1 Å². The average molecular weight is 513 g/mol. The van der Waals surface area contributed by atoms with Crippen LogP contribution in [0.2, 0.25) is 0 Å². The van der Waals surface area contributed by atoms with Gasteiger partial charge in [0, 0.05) is 81.2 Å². The summed E-state index contributed by atoms with van der Waals surface area (Å²) in [5, 5.41) is 10.6. The molecule has 9 nitrogen and oxygen atoms in total. The van der Waals surface area contributed by atoms with E-state index in [2.05, 4.69) is 62.7 Å². The summed E-state index contributed by atoms with van der Waals surface area (Å²) in [4.78, 5) is 19.4. The number of hydrogen-bond donors (Lipinski definition) is 1. The fourth-order valence-corrected chi connectivity index (χ4v) is 6.41. The Balaban J connectivity index is 1.22. The summed E-state index contributed by atoms with van der Waals surface area (Å²) in [5.41, 5.74) is 11.1. The molecule has 3 aliphatic rings. The molecule has 38 heavy (non-hydrogen) atoms. The molecule has 0 radical (unpaired) electrons. The van der Waals surface area contributed by atoms with Crippen molar-refractivity contribution in [3.8, 4) is 6.07 Å². The fraction of sp³-hybridized carbons (Fsp3) is 0.483. The summed E-state index contributed by atoms with van der Waals surface area (Å²) in [7, 11) is 0. The molecular formula is C29H36N8O. The lowest BCUT2D eigenvalue weighted by molar-refractivity contribution is 0.108. The molecule has 3 fully saturated rings. The Morgan fingerprint density at radius 1 is 1.03 bits per heavy atom. The molecule has 5 heterocycles. The maximum absolute atomic E-state index is 9.57. The van der Waals surface area contributed by atoms with Gasteiger partial charge in [0.25, 0.3) is 0 Å². The molecule has 0 saturated carbocycles. The van der Waals surface area contributed by atoms with Crippen LogP contribution < -0.4 is 20.4 Å². The van der Waals surface area contributed by atoms with Crippen molar-refractivity contribution < 1.29 is 4.74 Å². The lowest BCUT2D eigenvalue weighted by Gasteiger charge is -2.51. The van der Waals surface area contributed by atoms with Crippen LogP contribution in [0.25, 0.3) is 10.9 Å². The van der Waals surface area contributed by atoms with E-state index < -0.39 is 0 Å². The highest BCUT2D eigenvalue weighted by Crippen LogP contribution is 2.33. The number of nitriles is 1. The number of nitrogens with zero attached hydrogens (tertiary/aromatic N) is 7. The van der Waals surface area contributed by atoms with Gasteiger partial charge in [-0.15, -0.1) is 0 Å². The molecule has 3 aromatic rings. The highest BCUT2D eigenvalue weighted by Gasteiger charge is 2.37. The van der Waals surface area contributed by atoms with Crippen molar-refractivity contribution in [3.63, 3.8) is 0 Å². The van der Waals surface area contributed by atoms with Crippen molar-refractivity contribution in [1.82, 2.24) is 14.9 Å². The number of hydrogen-bond acceptors (Lipinski definition) is 9. The zero-order chi connectivity index (χ0) is 26.2. The molecule has 0 aliphatic carbocycles. The number of aromatic nitrogens is 2. The van der Waals surface area contributed by atoms with Crippen LogP contribution in [0.4, 0.5) is 17.2 Å². The van der Waals surface area contributed by atoms with Gasteiger partial charge in [-0.05, 0) is 49.7 Å². The summed E-state index contributed by atoms with van der Waals surface area (Å²) in [6.45, 7) is 12.2. The van der Waals surface area contributed by atoms with E-state index in [4.69, 9.17) is 15.5 Å². The Hall–Kier alpha value is -3.45. The van der Waals surface area contributed by atoms with Crippen LogP contribution >= 0.6 is 0 Å². The molecule has 3 aliphatic heterocycles. The number of nitrogens with two attached hydrogens (primary N) is 1. The number of rotatable bonds is 3. The Morgan fingerprint density at radius 3 is 2.74 bits per heavy atom. The van der Waals surface area contributed by atoms with Gasteiger partial charge in [0.1, 0.15) is 11.9 Å². The molecule has 1 aromatic carbocycles. The van der Waals surface area contributed by atoms with Gasteiger partial charge in [0.15, 0.2) is 0 Å². The highest BCUT2D eigenvalue weighted by molar-refractivity contribution is 5.95. The van der Waals surface area contributed by atoms with E-state index in [1.807, 2.05) is 18.3 Å². The van der Waals surface area contributed by atoms with Crippen molar-refractivity contribution in [3.05, 3.63) is 53.9 Å². The van der Waals surface area contributed by atoms with Crippen LogP contribution in [0, 0.1) is 18.3 Å². The number of benzene rings is 1. The Labute approximate surface area is 224 Å². The van der Waals surface area contributed by atoms with E-state index in [1.54, 1.807) is 6.20 Å². The number of aryl methyl sites for hydroxylation is 1. The molecule has 6 rings (SSSR count). The smallest absolute Gasteiger partial charge is 0.131 e. The fourth-order valence-electron chi connectivity index (χ4n) is 6.41. The molecule has 0 amide bonds. The van der Waals surface area contributed by atoms with Crippen molar-refractivity contribution in [2.75, 3.05) is 73.7 Å². The highest BCUT2D eigenvalue weighted by atomic mass is 16.5. The van der Waals surface area contributed by atoms with Crippen LogP contribution in [0.15, 0.2) is 42.7 Å². The summed E-state index contributed by atoms with van der Waals surface area (Å²) in [6.07, 6.45) is 3.76. The zero-order valence-corrected chi connectivity index (χ0v) is 22.3. The molecule has 9 heteroatoms. The molecule has 3 saturated heterocycles. The first-order valence-corrected chi connectivity index (χ1v) is 13.6. The second-order valence-corrected chi connectivity index (χ2v) is 10.9. The van der Waals surface area contributed by atoms with Crippen LogP contribution in [0.5, 0.6) is 0 Å². The van der Waals surface area contributed by atoms with Gasteiger partial charge in [-0.25, -0.2) is 4.98 Å². The predicted octanol–water partition coefficient (Wildman–Crippen LogP) is 2.37. The molecular weight excluding hydrogens is 476 g/mol. The first kappa shape index (κ1) is 24.9. The number of pyridine rings is 2. The van der Waals surface area contributed by atoms with Gasteiger partial charge in [-0.2, -0.15) is 5.26 Å². The maximum atomic E-state index is 9.57. The Bertz CT molecular complexity index is 1360. The van der Waals surface area contributed by atoms with Gasteiger partial charge >= 0.3 is 0 Å². The Morgan fingerprint density at radius 2 is 1.89 bits per heavy atom. The van der Waals surface area contributed by atoms with Crippen LogP contribution in [0.3, 0.4) is 0 Å². The van der Waals surface area contributed by atoms with Gasteiger partial charge in [0.2, 0.25) is 0 Å². The summed E-state index contributed by atoms with van der Waals surface area (Å²) >= 11 is 0. The number of anilines is 3. The number of fused-ring (bicyclic) bond motifs is 2. The lowest BCUT2D eigenvalue weighted by Crippen LogP contribution is -2.65. The minimum Gasteiger partial charge on any atom is -0.378 e. The molecule has 0 spiro atoms. The normalized spacial score (nSPS) is 24.7. The molecule has 1 unspecified atom stereocenters. The summed E-state index contributed by atoms with van der Waals surface area (Å²) in [5.74, 6) is 1.07. The minimum absolute atomic E-state index is 0.0193. The first-order chi connectivity index (χ1) is 18.5. The van der Waals surface area contributed by atoms with E-state index in [0.29, 0.717) is 30.9 Å². The monoisotopic (exact) mass is 512 g/mol. The lowest BCUT2D eigenvalue weighted by atomic mass is 10.0. The third-order valence-corrected chi connectivity index (χ3v) is 8.21. The Kier molecular flexibility index (Phi) is 6.78. The maximum Gasteiger partial charge on any atom is 0.131 e. The van der Waals surface area contributed by atoms with E-state index >= 15 is 0 Å². The first-order valence-electron chi connectivity index (χ1n) is 13.6. The van der Waals surface area contributed by atoms with Gasteiger partial charge < -0.3 is 25.2 Å². The largest absolute Gasteiger partial charge is 0.378 e. The summed E-state index contributed by atoms with van der Waals surface area (Å²) in [6, 6.07) is 13.4. The standard InChI is InChI=1S/C29H36N8O/c1-20-12-24(34-10-11-38-19-23(31)16-34)14-33-29(20)35-8-9-37-21(2)15-36(18-25(37)17-35)27-6-5-22(13-30)28-26(27)4-3-7-32-28/h3-7,12,14,21,23,25H,8-11,15-19,31H2,1-2H3/t21-,23+,25?/m0/s1. The van der Waals surface area contributed by atoms with Gasteiger partial charge in [-0.3, -0.25) is 9.88 Å². The van der Waals surface area contributed by atoms with E-state index in [9.17, 15) is 5.26 Å². The zero-order valence-electron chi connectivity index (χ0n) is 22.3. The van der Waals surface area contributed by atoms with E-state index in [1.165, 1.54) is 5.56 Å². The van der Waals surface area contributed by atoms with Crippen molar-refractivity contribution in [2.45, 2.75) is 32.0 Å². The quantitative estimate of drug-likeness (QED) is 0.567. The second kappa shape index (κ2) is 10.4. The molecule has 198 valence electrons.